The SMILES string of the molecule is CO/N=C(\C)c1cc(OC)cc(CCCO/N=C(\C)c2cccc(C)n2)n1. The van der Waals surface area contributed by atoms with E-state index in [1.807, 2.05) is 51.1 Å². The molecule has 0 bridgehead atoms. The third-order valence-electron chi connectivity index (χ3n) is 3.82. The van der Waals surface area contributed by atoms with E-state index in [-0.39, 0.29) is 0 Å². The number of hydrogen-bond donors (Lipinski definition) is 0. The van der Waals surface area contributed by atoms with Crippen molar-refractivity contribution in [2.45, 2.75) is 33.6 Å². The lowest BCUT2D eigenvalue weighted by Crippen LogP contribution is -2.05. The van der Waals surface area contributed by atoms with Gasteiger partial charge >= 0.3 is 0 Å². The third-order valence-corrected chi connectivity index (χ3v) is 3.82. The van der Waals surface area contributed by atoms with Crippen LogP contribution in [0.25, 0.3) is 0 Å². The van der Waals surface area contributed by atoms with Crippen LogP contribution in [0.1, 0.15) is 43.0 Å². The van der Waals surface area contributed by atoms with Gasteiger partial charge in [-0.1, -0.05) is 16.4 Å². The van der Waals surface area contributed by atoms with Gasteiger partial charge in [-0.25, -0.2) is 0 Å². The first-order chi connectivity index (χ1) is 13.0. The van der Waals surface area contributed by atoms with Crippen LogP contribution in [-0.4, -0.2) is 42.2 Å². The van der Waals surface area contributed by atoms with Crippen LogP contribution in [-0.2, 0) is 16.1 Å². The quantitative estimate of drug-likeness (QED) is 0.383. The maximum atomic E-state index is 5.43. The van der Waals surface area contributed by atoms with Gasteiger partial charge in [-0.15, -0.1) is 0 Å². The van der Waals surface area contributed by atoms with Gasteiger partial charge in [-0.05, 0) is 45.7 Å². The summed E-state index contributed by atoms with van der Waals surface area (Å²) in [6, 6.07) is 9.57. The highest BCUT2D eigenvalue weighted by Crippen LogP contribution is 2.16. The van der Waals surface area contributed by atoms with Crippen LogP contribution in [0, 0.1) is 6.92 Å². The van der Waals surface area contributed by atoms with Crippen LogP contribution in [0.4, 0.5) is 0 Å². The van der Waals surface area contributed by atoms with Gasteiger partial charge in [-0.2, -0.15) is 0 Å². The number of nitrogens with zero attached hydrogens (tertiary/aromatic N) is 4. The molecule has 0 aromatic carbocycles. The summed E-state index contributed by atoms with van der Waals surface area (Å²) in [4.78, 5) is 19.3. The second-order valence-corrected chi connectivity index (χ2v) is 6.02. The number of ether oxygens (including phenoxy) is 1. The van der Waals surface area contributed by atoms with Crippen LogP contribution < -0.4 is 4.74 Å². The zero-order valence-electron chi connectivity index (χ0n) is 16.5. The van der Waals surface area contributed by atoms with Crippen molar-refractivity contribution in [2.24, 2.45) is 10.3 Å². The van der Waals surface area contributed by atoms with E-state index in [1.165, 1.54) is 7.11 Å². The molecule has 0 spiro atoms. The second kappa shape index (κ2) is 10.3. The molecule has 0 aliphatic heterocycles. The smallest absolute Gasteiger partial charge is 0.122 e. The summed E-state index contributed by atoms with van der Waals surface area (Å²) < 4.78 is 5.35. The van der Waals surface area contributed by atoms with E-state index in [2.05, 4.69) is 20.3 Å². The average Bonchev–Trinajstić information content (AvgIpc) is 2.67. The minimum absolute atomic E-state index is 0.489. The van der Waals surface area contributed by atoms with Gasteiger partial charge in [-0.3, -0.25) is 9.97 Å². The summed E-state index contributed by atoms with van der Waals surface area (Å²) in [5.41, 5.74) is 4.86. The lowest BCUT2D eigenvalue weighted by molar-refractivity contribution is 0.141. The number of aromatic nitrogens is 2. The fourth-order valence-electron chi connectivity index (χ4n) is 2.43. The van der Waals surface area contributed by atoms with Crippen LogP contribution in [0.5, 0.6) is 5.75 Å². The zero-order chi connectivity index (χ0) is 19.6. The molecule has 0 saturated heterocycles. The number of aryl methyl sites for hydroxylation is 2. The van der Waals surface area contributed by atoms with E-state index in [0.717, 1.165) is 47.1 Å². The molecule has 0 radical (unpaired) electrons. The molecule has 2 rings (SSSR count). The predicted octanol–water partition coefficient (Wildman–Crippen LogP) is 3.54. The summed E-state index contributed by atoms with van der Waals surface area (Å²) in [7, 11) is 3.14. The molecule has 0 aliphatic rings. The van der Waals surface area contributed by atoms with Crippen LogP contribution >= 0.6 is 0 Å². The summed E-state index contributed by atoms with van der Waals surface area (Å²) in [6.07, 6.45) is 1.51. The van der Waals surface area contributed by atoms with Crippen molar-refractivity contribution in [3.8, 4) is 5.75 Å². The van der Waals surface area contributed by atoms with Gasteiger partial charge in [0, 0.05) is 23.5 Å². The number of hydrogen-bond acceptors (Lipinski definition) is 7. The highest BCUT2D eigenvalue weighted by molar-refractivity contribution is 5.97. The molecule has 0 amide bonds. The minimum Gasteiger partial charge on any atom is -0.497 e. The summed E-state index contributed by atoms with van der Waals surface area (Å²) in [6.45, 7) is 6.17. The molecular weight excluding hydrogens is 344 g/mol. The molecule has 0 aliphatic carbocycles. The third kappa shape index (κ3) is 6.36. The van der Waals surface area contributed by atoms with Crippen molar-refractivity contribution >= 4 is 11.4 Å². The topological polar surface area (TPSA) is 78.2 Å². The second-order valence-electron chi connectivity index (χ2n) is 6.02. The van der Waals surface area contributed by atoms with E-state index >= 15 is 0 Å². The maximum Gasteiger partial charge on any atom is 0.122 e. The van der Waals surface area contributed by atoms with Crippen molar-refractivity contribution in [3.63, 3.8) is 0 Å². The lowest BCUT2D eigenvalue weighted by atomic mass is 10.2. The minimum atomic E-state index is 0.489. The predicted molar refractivity (Wildman–Crippen MR) is 105 cm³/mol. The fourth-order valence-corrected chi connectivity index (χ4v) is 2.43. The molecule has 0 fully saturated rings. The molecule has 144 valence electrons. The Hall–Kier alpha value is -2.96. The van der Waals surface area contributed by atoms with E-state index in [9.17, 15) is 0 Å². The molecule has 7 heteroatoms. The Morgan fingerprint density at radius 1 is 1.00 bits per heavy atom. The first kappa shape index (κ1) is 20.4. The first-order valence-corrected chi connectivity index (χ1v) is 8.77. The number of rotatable bonds is 9. The van der Waals surface area contributed by atoms with E-state index in [0.29, 0.717) is 12.3 Å². The molecule has 7 nitrogen and oxygen atoms in total. The fraction of sp³-hybridized carbons (Fsp3) is 0.400. The zero-order valence-corrected chi connectivity index (χ0v) is 16.5. The van der Waals surface area contributed by atoms with Crippen molar-refractivity contribution in [2.75, 3.05) is 20.8 Å². The summed E-state index contributed by atoms with van der Waals surface area (Å²) in [5, 5.41) is 8.07. The van der Waals surface area contributed by atoms with Gasteiger partial charge < -0.3 is 14.4 Å². The normalized spacial score (nSPS) is 12.0. The van der Waals surface area contributed by atoms with Gasteiger partial charge in [0.2, 0.25) is 0 Å². The monoisotopic (exact) mass is 370 g/mol. The van der Waals surface area contributed by atoms with E-state index in [4.69, 9.17) is 14.4 Å². The van der Waals surface area contributed by atoms with Gasteiger partial charge in [0.15, 0.2) is 0 Å². The van der Waals surface area contributed by atoms with Gasteiger partial charge in [0.1, 0.15) is 30.9 Å². The molecule has 0 atom stereocenters. The largest absolute Gasteiger partial charge is 0.497 e. The molecule has 0 saturated carbocycles. The van der Waals surface area contributed by atoms with Crippen molar-refractivity contribution in [1.82, 2.24) is 9.97 Å². The Kier molecular flexibility index (Phi) is 7.73. The van der Waals surface area contributed by atoms with E-state index < -0.39 is 0 Å². The molecule has 0 N–H and O–H groups in total. The van der Waals surface area contributed by atoms with Crippen molar-refractivity contribution in [1.29, 1.82) is 0 Å². The molecular formula is C20H26N4O3. The van der Waals surface area contributed by atoms with Crippen molar-refractivity contribution in [3.05, 3.63) is 53.1 Å². The Balaban J connectivity index is 1.92. The molecule has 0 unspecified atom stereocenters. The summed E-state index contributed by atoms with van der Waals surface area (Å²) >= 11 is 0. The number of oxime groups is 2. The summed E-state index contributed by atoms with van der Waals surface area (Å²) in [5.74, 6) is 0.737. The van der Waals surface area contributed by atoms with Gasteiger partial charge in [0.25, 0.3) is 0 Å². The van der Waals surface area contributed by atoms with Crippen LogP contribution in [0.2, 0.25) is 0 Å². The van der Waals surface area contributed by atoms with Gasteiger partial charge in [0.05, 0.1) is 18.5 Å². The highest BCUT2D eigenvalue weighted by atomic mass is 16.6. The molecule has 2 aromatic heterocycles. The Morgan fingerprint density at radius 2 is 1.78 bits per heavy atom. The standard InChI is InChI=1S/C20H26N4O3/c1-14-8-6-10-19(21-14)15(2)24-27-11-7-9-17-12-18(25-4)13-20(22-17)16(3)23-26-5/h6,8,10,12-13H,7,9,11H2,1-5H3/b23-16+,24-15+. The molecule has 2 heterocycles. The molecule has 27 heavy (non-hydrogen) atoms. The maximum absolute atomic E-state index is 5.43. The van der Waals surface area contributed by atoms with E-state index in [1.54, 1.807) is 7.11 Å². The first-order valence-electron chi connectivity index (χ1n) is 8.77. The average molecular weight is 370 g/mol. The Labute approximate surface area is 160 Å². The molecule has 2 aromatic rings. The lowest BCUT2D eigenvalue weighted by Gasteiger charge is -2.08. The number of pyridine rings is 2. The van der Waals surface area contributed by atoms with Crippen LogP contribution in [0.15, 0.2) is 40.6 Å². The number of methoxy groups -OCH3 is 1. The highest BCUT2D eigenvalue weighted by Gasteiger charge is 2.07. The Morgan fingerprint density at radius 3 is 2.48 bits per heavy atom. The Bertz CT molecular complexity index is 819. The van der Waals surface area contributed by atoms with Crippen molar-refractivity contribution < 1.29 is 14.4 Å². The van der Waals surface area contributed by atoms with Crippen LogP contribution in [0.3, 0.4) is 0 Å².